The van der Waals surface area contributed by atoms with Crippen molar-refractivity contribution < 1.29 is 9.90 Å². The van der Waals surface area contributed by atoms with Crippen LogP contribution in [-0.2, 0) is 6.42 Å². The number of aromatic hydroxyl groups is 1. The van der Waals surface area contributed by atoms with Crippen molar-refractivity contribution in [3.63, 3.8) is 0 Å². The molecule has 0 radical (unpaired) electrons. The fraction of sp³-hybridized carbons (Fsp3) is 0.0952. The number of imidazole rings is 1. The number of carbonyl (C=O) groups is 1. The van der Waals surface area contributed by atoms with Crippen LogP contribution in [0.3, 0.4) is 0 Å². The van der Waals surface area contributed by atoms with Gasteiger partial charge in [-0.15, -0.1) is 24.8 Å². The highest BCUT2D eigenvalue weighted by atomic mass is 35.5. The third kappa shape index (κ3) is 4.88. The minimum atomic E-state index is -0.454. The molecule has 0 atom stereocenters. The molecule has 1 amide bonds. The van der Waals surface area contributed by atoms with E-state index < -0.39 is 5.91 Å². The predicted octanol–water partition coefficient (Wildman–Crippen LogP) is 5.74. The van der Waals surface area contributed by atoms with Crippen LogP contribution >= 0.6 is 48.0 Å². The Kier molecular flexibility index (Phi) is 8.14. The lowest BCUT2D eigenvalue weighted by atomic mass is 10.1. The molecule has 0 fully saturated rings. The molecule has 31 heavy (non-hydrogen) atoms. The monoisotopic (exact) mass is 498 g/mol. The zero-order valence-corrected chi connectivity index (χ0v) is 19.3. The van der Waals surface area contributed by atoms with Crippen molar-refractivity contribution in [1.29, 1.82) is 0 Å². The van der Waals surface area contributed by atoms with E-state index in [1.165, 1.54) is 0 Å². The van der Waals surface area contributed by atoms with Crippen molar-refractivity contribution >= 4 is 65.3 Å². The van der Waals surface area contributed by atoms with Gasteiger partial charge in [0.25, 0.3) is 5.91 Å². The number of rotatable bonds is 4. The number of amides is 1. The number of hydrogen-bond acceptors (Lipinski definition) is 4. The summed E-state index contributed by atoms with van der Waals surface area (Å²) in [6.07, 6.45) is 3.99. The molecule has 10 heteroatoms. The van der Waals surface area contributed by atoms with E-state index in [0.29, 0.717) is 23.4 Å². The molecule has 0 bridgehead atoms. The lowest BCUT2D eigenvalue weighted by molar-refractivity contribution is 0.102. The maximum Gasteiger partial charge on any atom is 0.258 e. The summed E-state index contributed by atoms with van der Waals surface area (Å²) in [7, 11) is 0. The van der Waals surface area contributed by atoms with Crippen LogP contribution in [0.4, 0.5) is 5.69 Å². The Balaban J connectivity index is 0.00000171. The van der Waals surface area contributed by atoms with Crippen LogP contribution in [0.15, 0.2) is 54.9 Å². The molecule has 3 heterocycles. The number of aromatic nitrogens is 3. The first-order valence-corrected chi connectivity index (χ1v) is 9.55. The Morgan fingerprint density at radius 3 is 2.35 bits per heavy atom. The predicted molar refractivity (Wildman–Crippen MR) is 128 cm³/mol. The van der Waals surface area contributed by atoms with Crippen molar-refractivity contribution in [3.8, 4) is 5.88 Å². The number of aryl methyl sites for hydroxylation is 1. The topological polar surface area (TPSA) is 79.5 Å². The van der Waals surface area contributed by atoms with Gasteiger partial charge in [-0.25, -0.2) is 4.98 Å². The van der Waals surface area contributed by atoms with Gasteiger partial charge in [0.05, 0.1) is 21.3 Å². The van der Waals surface area contributed by atoms with E-state index in [1.807, 2.05) is 18.2 Å². The number of anilines is 1. The van der Waals surface area contributed by atoms with Crippen molar-refractivity contribution in [2.24, 2.45) is 0 Å². The third-order valence-electron chi connectivity index (χ3n) is 4.56. The van der Waals surface area contributed by atoms with Gasteiger partial charge < -0.3 is 10.4 Å². The molecule has 0 saturated heterocycles. The van der Waals surface area contributed by atoms with Gasteiger partial charge in [0.15, 0.2) is 5.65 Å². The molecule has 0 unspecified atom stereocenters. The highest BCUT2D eigenvalue weighted by Crippen LogP contribution is 2.30. The largest absolute Gasteiger partial charge is 0.493 e. The standard InChI is InChI=1S/C21H16Cl2N4O2.2ClH/c1-12-21(29)27-14(11-13-7-9-24-10-8-13)5-6-17(19(27)25-12)26-20(28)18-15(22)3-2-4-16(18)23;;/h2-10,29H,11H2,1H3,(H,26,28);2*1H. The second kappa shape index (κ2) is 10.2. The first-order valence-electron chi connectivity index (χ1n) is 8.80. The van der Waals surface area contributed by atoms with Crippen LogP contribution in [0.1, 0.15) is 27.3 Å². The average Bonchev–Trinajstić information content (AvgIpc) is 3.00. The van der Waals surface area contributed by atoms with E-state index in [-0.39, 0.29) is 46.3 Å². The smallest absolute Gasteiger partial charge is 0.258 e. The Morgan fingerprint density at radius 1 is 1.06 bits per heavy atom. The van der Waals surface area contributed by atoms with Gasteiger partial charge in [0, 0.05) is 24.5 Å². The Morgan fingerprint density at radius 2 is 1.71 bits per heavy atom. The molecule has 0 saturated carbocycles. The summed E-state index contributed by atoms with van der Waals surface area (Å²) in [5, 5.41) is 13.9. The van der Waals surface area contributed by atoms with Gasteiger partial charge in [-0.2, -0.15) is 0 Å². The van der Waals surface area contributed by atoms with E-state index in [1.54, 1.807) is 48.0 Å². The number of pyridine rings is 2. The van der Waals surface area contributed by atoms with Crippen molar-refractivity contribution in [2.75, 3.05) is 5.32 Å². The van der Waals surface area contributed by atoms with Crippen molar-refractivity contribution in [3.05, 3.63) is 87.4 Å². The van der Waals surface area contributed by atoms with Gasteiger partial charge in [-0.05, 0) is 48.9 Å². The summed E-state index contributed by atoms with van der Waals surface area (Å²) in [6, 6.07) is 12.3. The molecule has 0 spiro atoms. The van der Waals surface area contributed by atoms with Crippen LogP contribution in [0.25, 0.3) is 5.65 Å². The summed E-state index contributed by atoms with van der Waals surface area (Å²) in [5.41, 5.74) is 3.36. The molecule has 4 aromatic rings. The summed E-state index contributed by atoms with van der Waals surface area (Å²) in [6.45, 7) is 1.70. The van der Waals surface area contributed by atoms with Gasteiger partial charge in [0.2, 0.25) is 5.88 Å². The SMILES string of the molecule is Cc1nc2c(NC(=O)c3c(Cl)cccc3Cl)ccc(Cc3ccncc3)n2c1O.Cl.Cl. The van der Waals surface area contributed by atoms with Crippen LogP contribution in [0, 0.1) is 6.92 Å². The number of carbonyl (C=O) groups excluding carboxylic acids is 1. The van der Waals surface area contributed by atoms with Gasteiger partial charge in [-0.3, -0.25) is 14.2 Å². The minimum Gasteiger partial charge on any atom is -0.493 e. The normalized spacial score (nSPS) is 10.3. The highest BCUT2D eigenvalue weighted by Gasteiger charge is 2.19. The molecule has 6 nitrogen and oxygen atoms in total. The maximum atomic E-state index is 12.8. The molecule has 2 N–H and O–H groups in total. The summed E-state index contributed by atoms with van der Waals surface area (Å²) < 4.78 is 1.62. The number of nitrogens with one attached hydrogen (secondary N) is 1. The lowest BCUT2D eigenvalue weighted by Crippen LogP contribution is -2.14. The zero-order chi connectivity index (χ0) is 20.5. The fourth-order valence-corrected chi connectivity index (χ4v) is 3.72. The molecule has 162 valence electrons. The number of nitrogens with zero attached hydrogens (tertiary/aromatic N) is 3. The number of hydrogen-bond donors (Lipinski definition) is 2. The lowest BCUT2D eigenvalue weighted by Gasteiger charge is -2.12. The number of benzene rings is 1. The summed E-state index contributed by atoms with van der Waals surface area (Å²) in [4.78, 5) is 21.2. The second-order valence-electron chi connectivity index (χ2n) is 6.50. The minimum absolute atomic E-state index is 0. The van der Waals surface area contributed by atoms with Crippen LogP contribution < -0.4 is 5.32 Å². The first-order chi connectivity index (χ1) is 14.0. The average molecular weight is 500 g/mol. The number of fused-ring (bicyclic) bond motifs is 1. The summed E-state index contributed by atoms with van der Waals surface area (Å²) >= 11 is 12.3. The van der Waals surface area contributed by atoms with E-state index in [9.17, 15) is 9.90 Å². The van der Waals surface area contributed by atoms with E-state index in [4.69, 9.17) is 23.2 Å². The summed E-state index contributed by atoms with van der Waals surface area (Å²) in [5.74, 6) is -0.430. The quantitative estimate of drug-likeness (QED) is 0.375. The van der Waals surface area contributed by atoms with E-state index >= 15 is 0 Å². The Labute approximate surface area is 201 Å². The number of halogens is 4. The molecular formula is C21H18Cl4N4O2. The molecule has 4 rings (SSSR count). The fourth-order valence-electron chi connectivity index (χ4n) is 3.15. The first kappa shape index (κ1) is 24.8. The van der Waals surface area contributed by atoms with Gasteiger partial charge in [0.1, 0.15) is 5.69 Å². The molecule has 0 aliphatic rings. The van der Waals surface area contributed by atoms with E-state index in [0.717, 1.165) is 11.3 Å². The molecule has 1 aromatic carbocycles. The van der Waals surface area contributed by atoms with Gasteiger partial charge >= 0.3 is 0 Å². The second-order valence-corrected chi connectivity index (χ2v) is 7.32. The molecule has 3 aromatic heterocycles. The maximum absolute atomic E-state index is 12.8. The van der Waals surface area contributed by atoms with Crippen molar-refractivity contribution in [1.82, 2.24) is 14.4 Å². The Hall–Kier alpha value is -2.51. The Bertz CT molecular complexity index is 1210. The molecule has 0 aliphatic carbocycles. The zero-order valence-electron chi connectivity index (χ0n) is 16.2. The molecular weight excluding hydrogens is 482 g/mol. The van der Waals surface area contributed by atoms with Crippen LogP contribution in [0.5, 0.6) is 5.88 Å². The third-order valence-corrected chi connectivity index (χ3v) is 5.19. The highest BCUT2D eigenvalue weighted by molar-refractivity contribution is 6.40. The van der Waals surface area contributed by atoms with Crippen molar-refractivity contribution in [2.45, 2.75) is 13.3 Å². The van der Waals surface area contributed by atoms with Crippen LogP contribution in [0.2, 0.25) is 10.0 Å². The van der Waals surface area contributed by atoms with Crippen LogP contribution in [-0.4, -0.2) is 25.4 Å². The van der Waals surface area contributed by atoms with E-state index in [2.05, 4.69) is 15.3 Å². The van der Waals surface area contributed by atoms with Gasteiger partial charge in [-0.1, -0.05) is 29.3 Å². The molecule has 0 aliphatic heterocycles.